The second kappa shape index (κ2) is 5.92. The van der Waals surface area contributed by atoms with Gasteiger partial charge in [-0.3, -0.25) is 4.79 Å². The predicted octanol–water partition coefficient (Wildman–Crippen LogP) is 0.936. The lowest BCUT2D eigenvalue weighted by Gasteiger charge is -2.19. The molecule has 0 aromatic carbocycles. The van der Waals surface area contributed by atoms with Crippen LogP contribution in [0.3, 0.4) is 0 Å². The Balaban J connectivity index is 2.35. The van der Waals surface area contributed by atoms with Gasteiger partial charge in [0.25, 0.3) is 0 Å². The fourth-order valence-electron chi connectivity index (χ4n) is 1.92. The van der Waals surface area contributed by atoms with Gasteiger partial charge in [-0.25, -0.2) is 10.4 Å². The van der Waals surface area contributed by atoms with E-state index < -0.39 is 18.6 Å². The number of aromatic nitrogens is 1. The standard InChI is InChI=1S/C12H13F2N3O4/c1-17-8(3-7(16-17)11(18)19)6-5-15-10(21-12(13)14)4-9(6)20-2/h3-5,7,12,16H,1-2H3,(H,18,19). The van der Waals surface area contributed by atoms with Gasteiger partial charge in [0.2, 0.25) is 5.88 Å². The van der Waals surface area contributed by atoms with Crippen molar-refractivity contribution in [3.05, 3.63) is 23.9 Å². The number of nitrogens with zero attached hydrogens (tertiary/aromatic N) is 2. The zero-order valence-corrected chi connectivity index (χ0v) is 11.2. The number of hydrogen-bond acceptors (Lipinski definition) is 6. The summed E-state index contributed by atoms with van der Waals surface area (Å²) in [6.07, 6.45) is 2.75. The Hall–Kier alpha value is -2.42. The molecule has 0 radical (unpaired) electrons. The average Bonchev–Trinajstić information content (AvgIpc) is 2.80. The molecule has 1 atom stereocenters. The van der Waals surface area contributed by atoms with Gasteiger partial charge < -0.3 is 19.6 Å². The molecule has 0 fully saturated rings. The molecule has 1 aromatic rings. The summed E-state index contributed by atoms with van der Waals surface area (Å²) in [6, 6.07) is 0.330. The number of hydrazine groups is 1. The van der Waals surface area contributed by atoms with Crippen molar-refractivity contribution in [1.29, 1.82) is 0 Å². The average molecular weight is 301 g/mol. The zero-order valence-electron chi connectivity index (χ0n) is 11.2. The third-order valence-electron chi connectivity index (χ3n) is 2.83. The molecule has 0 saturated carbocycles. The maximum atomic E-state index is 12.2. The number of carbonyl (C=O) groups is 1. The fraction of sp³-hybridized carbons (Fsp3) is 0.333. The van der Waals surface area contributed by atoms with Crippen LogP contribution in [-0.4, -0.2) is 47.9 Å². The highest BCUT2D eigenvalue weighted by molar-refractivity contribution is 5.82. The second-order valence-electron chi connectivity index (χ2n) is 4.16. The molecule has 21 heavy (non-hydrogen) atoms. The lowest BCUT2D eigenvalue weighted by Crippen LogP contribution is -2.38. The first-order valence-electron chi connectivity index (χ1n) is 5.86. The Morgan fingerprint density at radius 2 is 2.29 bits per heavy atom. The largest absolute Gasteiger partial charge is 0.496 e. The number of ether oxygens (including phenoxy) is 2. The first kappa shape index (κ1) is 15.0. The van der Waals surface area contributed by atoms with Crippen LogP contribution in [0.4, 0.5) is 8.78 Å². The van der Waals surface area contributed by atoms with Crippen LogP contribution in [0, 0.1) is 0 Å². The van der Waals surface area contributed by atoms with E-state index >= 15 is 0 Å². The van der Waals surface area contributed by atoms with Crippen molar-refractivity contribution in [3.8, 4) is 11.6 Å². The minimum atomic E-state index is -2.99. The van der Waals surface area contributed by atoms with Crippen molar-refractivity contribution in [2.75, 3.05) is 14.2 Å². The monoisotopic (exact) mass is 301 g/mol. The summed E-state index contributed by atoms with van der Waals surface area (Å²) in [5.41, 5.74) is 3.67. The van der Waals surface area contributed by atoms with E-state index in [-0.39, 0.29) is 11.6 Å². The van der Waals surface area contributed by atoms with E-state index in [1.807, 2.05) is 0 Å². The molecule has 7 nitrogen and oxygen atoms in total. The molecule has 1 unspecified atom stereocenters. The quantitative estimate of drug-likeness (QED) is 0.837. The molecule has 0 aliphatic carbocycles. The number of hydrogen-bond donors (Lipinski definition) is 2. The van der Waals surface area contributed by atoms with Gasteiger partial charge >= 0.3 is 12.6 Å². The molecule has 0 saturated heterocycles. The van der Waals surface area contributed by atoms with Crippen molar-refractivity contribution in [2.24, 2.45) is 0 Å². The van der Waals surface area contributed by atoms with Crippen LogP contribution < -0.4 is 14.9 Å². The Bertz CT molecular complexity index is 580. The lowest BCUT2D eigenvalue weighted by atomic mass is 10.1. The Morgan fingerprint density at radius 3 is 2.81 bits per heavy atom. The number of aliphatic carboxylic acids is 1. The first-order valence-corrected chi connectivity index (χ1v) is 5.86. The van der Waals surface area contributed by atoms with Crippen LogP contribution in [0.15, 0.2) is 18.3 Å². The van der Waals surface area contributed by atoms with Crippen molar-refractivity contribution < 1.29 is 28.2 Å². The highest BCUT2D eigenvalue weighted by Gasteiger charge is 2.28. The van der Waals surface area contributed by atoms with Crippen molar-refractivity contribution in [3.63, 3.8) is 0 Å². The van der Waals surface area contributed by atoms with Crippen LogP contribution in [0.2, 0.25) is 0 Å². The third-order valence-corrected chi connectivity index (χ3v) is 2.83. The molecule has 2 rings (SSSR count). The van der Waals surface area contributed by atoms with E-state index in [1.165, 1.54) is 30.5 Å². The topological polar surface area (TPSA) is 83.9 Å². The minimum Gasteiger partial charge on any atom is -0.496 e. The molecule has 9 heteroatoms. The second-order valence-corrected chi connectivity index (χ2v) is 4.16. The van der Waals surface area contributed by atoms with E-state index in [1.54, 1.807) is 7.05 Å². The maximum Gasteiger partial charge on any atom is 0.388 e. The lowest BCUT2D eigenvalue weighted by molar-refractivity contribution is -0.138. The molecule has 0 amide bonds. The number of carboxylic acids is 1. The minimum absolute atomic E-state index is 0.242. The van der Waals surface area contributed by atoms with Gasteiger partial charge in [-0.1, -0.05) is 0 Å². The van der Waals surface area contributed by atoms with Crippen LogP contribution >= 0.6 is 0 Å². The van der Waals surface area contributed by atoms with Crippen LogP contribution in [0.1, 0.15) is 5.56 Å². The van der Waals surface area contributed by atoms with E-state index in [9.17, 15) is 13.6 Å². The van der Waals surface area contributed by atoms with Crippen LogP contribution in [-0.2, 0) is 4.79 Å². The molecule has 2 N–H and O–H groups in total. The summed E-state index contributed by atoms with van der Waals surface area (Å²) in [4.78, 5) is 14.7. The SMILES string of the molecule is COc1cc(OC(F)F)ncc1C1=CC(C(=O)O)NN1C. The molecule has 1 aliphatic heterocycles. The Kier molecular flexibility index (Phi) is 4.22. The van der Waals surface area contributed by atoms with Gasteiger partial charge in [-0.15, -0.1) is 0 Å². The number of alkyl halides is 2. The summed E-state index contributed by atoms with van der Waals surface area (Å²) in [5, 5.41) is 10.5. The van der Waals surface area contributed by atoms with Gasteiger partial charge in [0.15, 0.2) is 0 Å². The normalized spacial score (nSPS) is 17.9. The van der Waals surface area contributed by atoms with Gasteiger partial charge in [-0.05, 0) is 6.08 Å². The number of rotatable bonds is 5. The van der Waals surface area contributed by atoms with Gasteiger partial charge in [0, 0.05) is 19.3 Å². The molecular formula is C12H13F2N3O4. The van der Waals surface area contributed by atoms with Gasteiger partial charge in [0.1, 0.15) is 11.8 Å². The summed E-state index contributed by atoms with van der Waals surface area (Å²) >= 11 is 0. The smallest absolute Gasteiger partial charge is 0.388 e. The number of methoxy groups -OCH3 is 1. The van der Waals surface area contributed by atoms with E-state index in [4.69, 9.17) is 9.84 Å². The summed E-state index contributed by atoms with van der Waals surface area (Å²) < 4.78 is 33.6. The molecule has 2 heterocycles. The van der Waals surface area contributed by atoms with E-state index in [2.05, 4.69) is 15.1 Å². The number of carboxylic acid groups (broad SMARTS) is 1. The Morgan fingerprint density at radius 1 is 1.57 bits per heavy atom. The summed E-state index contributed by atoms with van der Waals surface area (Å²) in [6.45, 7) is -2.99. The van der Waals surface area contributed by atoms with Crippen molar-refractivity contribution in [2.45, 2.75) is 12.7 Å². The predicted molar refractivity (Wildman–Crippen MR) is 67.7 cm³/mol. The van der Waals surface area contributed by atoms with Crippen molar-refractivity contribution in [1.82, 2.24) is 15.4 Å². The summed E-state index contributed by atoms with van der Waals surface area (Å²) in [7, 11) is 2.99. The summed E-state index contributed by atoms with van der Waals surface area (Å²) in [5.74, 6) is -1.08. The number of nitrogens with one attached hydrogen (secondary N) is 1. The van der Waals surface area contributed by atoms with Gasteiger partial charge in [0.05, 0.1) is 18.4 Å². The molecule has 0 spiro atoms. The van der Waals surface area contributed by atoms with E-state index in [0.717, 1.165) is 0 Å². The highest BCUT2D eigenvalue weighted by Crippen LogP contribution is 2.32. The molecular weight excluding hydrogens is 288 g/mol. The molecule has 114 valence electrons. The molecule has 0 bridgehead atoms. The first-order chi connectivity index (χ1) is 9.92. The Labute approximate surface area is 118 Å². The van der Waals surface area contributed by atoms with E-state index in [0.29, 0.717) is 11.3 Å². The van der Waals surface area contributed by atoms with Crippen LogP contribution in [0.5, 0.6) is 11.6 Å². The highest BCUT2D eigenvalue weighted by atomic mass is 19.3. The third kappa shape index (κ3) is 3.19. The number of halogens is 2. The molecule has 1 aromatic heterocycles. The zero-order chi connectivity index (χ0) is 15.6. The van der Waals surface area contributed by atoms with Gasteiger partial charge in [-0.2, -0.15) is 8.78 Å². The number of pyridine rings is 1. The molecule has 1 aliphatic rings. The maximum absolute atomic E-state index is 12.2. The van der Waals surface area contributed by atoms with Crippen LogP contribution in [0.25, 0.3) is 5.70 Å². The van der Waals surface area contributed by atoms with Crippen molar-refractivity contribution >= 4 is 11.7 Å². The fourth-order valence-corrected chi connectivity index (χ4v) is 1.92.